The van der Waals surface area contributed by atoms with Crippen molar-refractivity contribution in [3.05, 3.63) is 60.8 Å². The molecule has 6 nitrogen and oxygen atoms in total. The van der Waals surface area contributed by atoms with Crippen molar-refractivity contribution in [2.24, 2.45) is 0 Å². The zero-order valence-corrected chi connectivity index (χ0v) is 48.7. The molecule has 73 heavy (non-hydrogen) atoms. The number of allylic oxidation sites excluding steroid dienone is 10. The molecule has 1 atom stereocenters. The minimum Gasteiger partial charge on any atom is -0.462 e. The molecule has 0 radical (unpaired) electrons. The van der Waals surface area contributed by atoms with Gasteiger partial charge in [-0.15, -0.1) is 0 Å². The van der Waals surface area contributed by atoms with E-state index < -0.39 is 6.10 Å². The zero-order valence-electron chi connectivity index (χ0n) is 48.7. The van der Waals surface area contributed by atoms with Crippen LogP contribution >= 0.6 is 0 Å². The molecule has 0 rings (SSSR count). The average molecular weight is 1020 g/mol. The molecule has 0 spiro atoms. The summed E-state index contributed by atoms with van der Waals surface area (Å²) in [5.41, 5.74) is 0. The highest BCUT2D eigenvalue weighted by Crippen LogP contribution is 2.16. The van der Waals surface area contributed by atoms with Gasteiger partial charge in [-0.25, -0.2) is 0 Å². The molecule has 6 heteroatoms. The summed E-state index contributed by atoms with van der Waals surface area (Å²) in [4.78, 5) is 38.3. The molecule has 0 aliphatic heterocycles. The number of hydrogen-bond donors (Lipinski definition) is 0. The third kappa shape index (κ3) is 59.9. The van der Waals surface area contributed by atoms with Crippen LogP contribution in [-0.4, -0.2) is 37.2 Å². The molecule has 0 bridgehead atoms. The minimum atomic E-state index is -0.783. The highest BCUT2D eigenvalue weighted by atomic mass is 16.6. The summed E-state index contributed by atoms with van der Waals surface area (Å²) in [6, 6.07) is 0. The van der Waals surface area contributed by atoms with E-state index >= 15 is 0 Å². The fourth-order valence-electron chi connectivity index (χ4n) is 9.15. The van der Waals surface area contributed by atoms with Crippen LogP contribution in [0.15, 0.2) is 60.8 Å². The fourth-order valence-corrected chi connectivity index (χ4v) is 9.15. The third-order valence-electron chi connectivity index (χ3n) is 14.0. The van der Waals surface area contributed by atoms with Gasteiger partial charge in [0.25, 0.3) is 0 Å². The van der Waals surface area contributed by atoms with Crippen LogP contribution in [0.4, 0.5) is 0 Å². The molecular weight excluding hydrogens is 901 g/mol. The van der Waals surface area contributed by atoms with Crippen molar-refractivity contribution < 1.29 is 28.6 Å². The fraction of sp³-hybridized carbons (Fsp3) is 0.806. The van der Waals surface area contributed by atoms with Crippen LogP contribution in [0.2, 0.25) is 0 Å². The van der Waals surface area contributed by atoms with E-state index in [1.165, 1.54) is 205 Å². The van der Waals surface area contributed by atoms with Gasteiger partial charge in [-0.1, -0.05) is 261 Å². The van der Waals surface area contributed by atoms with Gasteiger partial charge >= 0.3 is 17.9 Å². The first-order chi connectivity index (χ1) is 36.0. The molecule has 0 fully saturated rings. The summed E-state index contributed by atoms with van der Waals surface area (Å²) in [6.45, 7) is 6.61. The molecule has 0 saturated carbocycles. The van der Waals surface area contributed by atoms with Crippen LogP contribution in [0.1, 0.15) is 329 Å². The van der Waals surface area contributed by atoms with Gasteiger partial charge in [0, 0.05) is 19.3 Å². The van der Waals surface area contributed by atoms with Crippen molar-refractivity contribution in [1.29, 1.82) is 0 Å². The molecule has 0 aliphatic rings. The van der Waals surface area contributed by atoms with Crippen LogP contribution in [-0.2, 0) is 28.6 Å². The standard InChI is InChI=1S/C67H120O6/c1-4-7-10-13-16-19-22-25-28-30-32-33-35-37-40-43-46-49-52-55-58-61-67(70)73-64(62-71-65(68)59-56-53-50-47-44-41-38-27-24-21-18-15-12-9-6-3)63-72-66(69)60-57-54-51-48-45-42-39-36-34-31-29-26-23-20-17-14-11-8-5-2/h17-18,20-21,25-29,38,64H,4-16,19,22-24,30-37,39-63H2,1-3H3/b20-17-,21-18-,28-25-,29-26-,38-27-/t64-/m0/s1. The Kier molecular flexibility index (Phi) is 59.2. The van der Waals surface area contributed by atoms with Crippen molar-refractivity contribution in [3.63, 3.8) is 0 Å². The Balaban J connectivity index is 4.36. The Morgan fingerprint density at radius 2 is 0.493 bits per heavy atom. The first kappa shape index (κ1) is 70.1. The third-order valence-corrected chi connectivity index (χ3v) is 14.0. The Labute approximate surface area is 453 Å². The van der Waals surface area contributed by atoms with Crippen molar-refractivity contribution in [2.75, 3.05) is 13.2 Å². The first-order valence-electron chi connectivity index (χ1n) is 31.8. The predicted molar refractivity (Wildman–Crippen MR) is 316 cm³/mol. The Morgan fingerprint density at radius 3 is 0.795 bits per heavy atom. The van der Waals surface area contributed by atoms with Crippen molar-refractivity contribution in [1.82, 2.24) is 0 Å². The number of carbonyl (C=O) groups is 3. The normalized spacial score (nSPS) is 12.4. The first-order valence-corrected chi connectivity index (χ1v) is 31.8. The van der Waals surface area contributed by atoms with Gasteiger partial charge in [-0.05, 0) is 109 Å². The summed E-state index contributed by atoms with van der Waals surface area (Å²) in [5, 5.41) is 0. The van der Waals surface area contributed by atoms with E-state index in [4.69, 9.17) is 14.2 Å². The van der Waals surface area contributed by atoms with Gasteiger partial charge in [-0.2, -0.15) is 0 Å². The topological polar surface area (TPSA) is 78.9 Å². The maximum absolute atomic E-state index is 12.9. The van der Waals surface area contributed by atoms with Gasteiger partial charge in [0.2, 0.25) is 0 Å². The lowest BCUT2D eigenvalue weighted by molar-refractivity contribution is -0.167. The van der Waals surface area contributed by atoms with Crippen molar-refractivity contribution >= 4 is 17.9 Å². The Hall–Kier alpha value is -2.89. The second-order valence-electron chi connectivity index (χ2n) is 21.3. The van der Waals surface area contributed by atoms with E-state index in [2.05, 4.69) is 81.5 Å². The Morgan fingerprint density at radius 1 is 0.274 bits per heavy atom. The number of unbranched alkanes of at least 4 members (excludes halogenated alkanes) is 37. The zero-order chi connectivity index (χ0) is 52.9. The average Bonchev–Trinajstić information content (AvgIpc) is 3.39. The monoisotopic (exact) mass is 1020 g/mol. The molecule has 0 heterocycles. The highest BCUT2D eigenvalue weighted by molar-refractivity contribution is 5.71. The lowest BCUT2D eigenvalue weighted by Gasteiger charge is -2.18. The number of carbonyl (C=O) groups excluding carboxylic acids is 3. The molecular formula is C67H120O6. The van der Waals surface area contributed by atoms with E-state index in [0.717, 1.165) is 83.5 Å². The maximum Gasteiger partial charge on any atom is 0.306 e. The van der Waals surface area contributed by atoms with Gasteiger partial charge < -0.3 is 14.2 Å². The lowest BCUT2D eigenvalue weighted by atomic mass is 10.0. The van der Waals surface area contributed by atoms with E-state index in [1.807, 2.05) is 0 Å². The second-order valence-corrected chi connectivity index (χ2v) is 21.3. The SMILES string of the molecule is CCCCC/C=C\C/C=C\CCCCCCCCCCCC(=O)OC[C@H](COC(=O)CCCCCCC/C=C\C/C=C\CCCCC)OC(=O)CCCCCCCCCCCCC/C=C\CCCCCCCC. The summed E-state index contributed by atoms with van der Waals surface area (Å²) in [5.74, 6) is -0.882. The van der Waals surface area contributed by atoms with E-state index in [0.29, 0.717) is 19.3 Å². The molecule has 0 aromatic rings. The van der Waals surface area contributed by atoms with Crippen LogP contribution in [0.5, 0.6) is 0 Å². The van der Waals surface area contributed by atoms with Crippen LogP contribution in [0.3, 0.4) is 0 Å². The lowest BCUT2D eigenvalue weighted by Crippen LogP contribution is -2.30. The van der Waals surface area contributed by atoms with E-state index in [9.17, 15) is 14.4 Å². The van der Waals surface area contributed by atoms with Crippen LogP contribution in [0, 0.1) is 0 Å². The van der Waals surface area contributed by atoms with Crippen molar-refractivity contribution in [2.45, 2.75) is 335 Å². The summed E-state index contributed by atoms with van der Waals surface area (Å²) in [7, 11) is 0. The van der Waals surface area contributed by atoms with Gasteiger partial charge in [0.15, 0.2) is 6.10 Å². The van der Waals surface area contributed by atoms with Crippen LogP contribution in [0.25, 0.3) is 0 Å². The summed E-state index contributed by atoms with van der Waals surface area (Å²) < 4.78 is 16.9. The molecule has 0 N–H and O–H groups in total. The van der Waals surface area contributed by atoms with Gasteiger partial charge in [-0.3, -0.25) is 14.4 Å². The molecule has 0 aromatic carbocycles. The number of ether oxygens (including phenoxy) is 3. The van der Waals surface area contributed by atoms with E-state index in [1.54, 1.807) is 0 Å². The highest BCUT2D eigenvalue weighted by Gasteiger charge is 2.19. The largest absolute Gasteiger partial charge is 0.462 e. The van der Waals surface area contributed by atoms with Crippen molar-refractivity contribution in [3.8, 4) is 0 Å². The number of rotatable bonds is 58. The molecule has 0 saturated heterocycles. The second kappa shape index (κ2) is 61.7. The minimum absolute atomic E-state index is 0.0795. The summed E-state index contributed by atoms with van der Waals surface area (Å²) >= 11 is 0. The quantitative estimate of drug-likeness (QED) is 0.0261. The molecule has 0 aromatic heterocycles. The smallest absolute Gasteiger partial charge is 0.306 e. The molecule has 0 unspecified atom stereocenters. The molecule has 424 valence electrons. The molecule has 0 amide bonds. The molecule has 0 aliphatic carbocycles. The van der Waals surface area contributed by atoms with Gasteiger partial charge in [0.05, 0.1) is 0 Å². The predicted octanol–water partition coefficient (Wildman–Crippen LogP) is 21.6. The number of esters is 3. The van der Waals surface area contributed by atoms with Crippen LogP contribution < -0.4 is 0 Å². The Bertz CT molecular complexity index is 1310. The summed E-state index contributed by atoms with van der Waals surface area (Å²) in [6.07, 6.45) is 77.9. The maximum atomic E-state index is 12.9. The number of hydrogen-bond acceptors (Lipinski definition) is 6. The van der Waals surface area contributed by atoms with E-state index in [-0.39, 0.29) is 31.1 Å². The van der Waals surface area contributed by atoms with Gasteiger partial charge in [0.1, 0.15) is 13.2 Å².